The van der Waals surface area contributed by atoms with Crippen LogP contribution < -0.4 is 15.0 Å². The van der Waals surface area contributed by atoms with Gasteiger partial charge in [-0.05, 0) is 118 Å². The molecule has 1 aliphatic heterocycles. The summed E-state index contributed by atoms with van der Waals surface area (Å²) < 4.78 is 13.2. The number of aromatic nitrogens is 2. The molecule has 7 rings (SSSR count). The first-order valence-corrected chi connectivity index (χ1v) is 18.3. The van der Waals surface area contributed by atoms with Crippen LogP contribution in [0.15, 0.2) is 54.9 Å². The van der Waals surface area contributed by atoms with Crippen LogP contribution in [0.3, 0.4) is 0 Å². The van der Waals surface area contributed by atoms with E-state index in [9.17, 15) is 14.4 Å². The van der Waals surface area contributed by atoms with Gasteiger partial charge in [-0.15, -0.1) is 0 Å². The second-order valence-electron chi connectivity index (χ2n) is 14.8. The van der Waals surface area contributed by atoms with Crippen LogP contribution in [0.4, 0.5) is 15.3 Å². The summed E-state index contributed by atoms with van der Waals surface area (Å²) in [5.41, 5.74) is 5.59. The minimum atomic E-state index is -0.985. The van der Waals surface area contributed by atoms with E-state index in [2.05, 4.69) is 64.6 Å². The lowest BCUT2D eigenvalue weighted by atomic mass is 9.78. The molecule has 2 aromatic carbocycles. The van der Waals surface area contributed by atoms with Gasteiger partial charge in [0.15, 0.2) is 0 Å². The van der Waals surface area contributed by atoms with Gasteiger partial charge in [0.05, 0.1) is 25.4 Å². The van der Waals surface area contributed by atoms with Crippen molar-refractivity contribution in [3.63, 3.8) is 0 Å². The van der Waals surface area contributed by atoms with Crippen molar-refractivity contribution in [2.75, 3.05) is 31.6 Å². The Kier molecular flexibility index (Phi) is 10.0. The lowest BCUT2D eigenvalue weighted by molar-refractivity contribution is -0.124. The lowest BCUT2D eigenvalue weighted by Crippen LogP contribution is -2.60. The molecule has 266 valence electrons. The predicted octanol–water partition coefficient (Wildman–Crippen LogP) is 7.16. The minimum absolute atomic E-state index is 0.145. The number of amides is 3. The highest BCUT2D eigenvalue weighted by Crippen LogP contribution is 2.40. The molecule has 3 amide bonds. The fourth-order valence-corrected chi connectivity index (χ4v) is 8.02. The van der Waals surface area contributed by atoms with Crippen LogP contribution in [0.2, 0.25) is 0 Å². The molecule has 11 nitrogen and oxygen atoms in total. The monoisotopic (exact) mass is 683 g/mol. The largest absolute Gasteiger partial charge is 0.496 e. The number of alkyl carbamates (subject to hydrolysis) is 1. The van der Waals surface area contributed by atoms with Crippen LogP contribution in [-0.2, 0) is 9.53 Å². The summed E-state index contributed by atoms with van der Waals surface area (Å²) in [5, 5.41) is 16.4. The van der Waals surface area contributed by atoms with Crippen LogP contribution in [-0.4, -0.2) is 76.8 Å². The smallest absolute Gasteiger partial charge is 0.407 e. The third-order valence-corrected chi connectivity index (χ3v) is 11.2. The Balaban J connectivity index is 1.01. The molecule has 0 unspecified atom stereocenters. The van der Waals surface area contributed by atoms with Gasteiger partial charge in [0.1, 0.15) is 11.9 Å². The standard InChI is InChI=1S/C39H49N5O6/c1-25-18-30(12-17-36(25)49-2)27-8-6-26(7-9-27)21-43(34-5-3-4-29(19-34)31-20-40-44(22-31)33-13-14-33)37(45)28-10-15-35(16-11-28)50-38(46)41-32-23-42(24-32)39(47)48/h3-5,12,17-20,22,26-28,32-33,35H,6-11,13-16,21,23-24H2,1-2H3,(H,41,46)(H,47,48)/t26-,27-,28-,35-. The number of ether oxygens (including phenoxy) is 2. The first-order chi connectivity index (χ1) is 24.2. The van der Waals surface area contributed by atoms with Crippen molar-refractivity contribution in [1.29, 1.82) is 0 Å². The van der Waals surface area contributed by atoms with Gasteiger partial charge in [-0.2, -0.15) is 5.10 Å². The van der Waals surface area contributed by atoms with Gasteiger partial charge < -0.3 is 29.7 Å². The average molecular weight is 684 g/mol. The van der Waals surface area contributed by atoms with Crippen LogP contribution in [0.5, 0.6) is 5.75 Å². The Bertz CT molecular complexity index is 1680. The van der Waals surface area contributed by atoms with E-state index in [-0.39, 0.29) is 37.1 Å². The molecule has 4 fully saturated rings. The highest BCUT2D eigenvalue weighted by atomic mass is 16.6. The number of anilines is 1. The number of carbonyl (C=O) groups excluding carboxylic acids is 2. The molecular weight excluding hydrogens is 634 g/mol. The summed E-state index contributed by atoms with van der Waals surface area (Å²) in [5.74, 6) is 1.84. The van der Waals surface area contributed by atoms with E-state index in [0.29, 0.717) is 50.1 Å². The fraction of sp³-hybridized carbons (Fsp3) is 0.538. The average Bonchev–Trinajstić information content (AvgIpc) is 3.84. The Morgan fingerprint density at radius 1 is 0.940 bits per heavy atom. The van der Waals surface area contributed by atoms with E-state index in [1.165, 1.54) is 23.3 Å². The van der Waals surface area contributed by atoms with Crippen LogP contribution in [0, 0.1) is 18.8 Å². The maximum atomic E-state index is 14.4. The van der Waals surface area contributed by atoms with Gasteiger partial charge in [0, 0.05) is 43.0 Å². The highest BCUT2D eigenvalue weighted by molar-refractivity contribution is 5.95. The van der Waals surface area contributed by atoms with E-state index in [1.54, 1.807) is 7.11 Å². The van der Waals surface area contributed by atoms with E-state index in [4.69, 9.17) is 14.6 Å². The van der Waals surface area contributed by atoms with Crippen molar-refractivity contribution in [2.45, 2.75) is 95.2 Å². The summed E-state index contributed by atoms with van der Waals surface area (Å²) in [6, 6.07) is 15.2. The van der Waals surface area contributed by atoms with E-state index < -0.39 is 12.2 Å². The second kappa shape index (κ2) is 14.7. The topological polar surface area (TPSA) is 126 Å². The first kappa shape index (κ1) is 33.9. The summed E-state index contributed by atoms with van der Waals surface area (Å²) in [7, 11) is 1.71. The molecule has 0 radical (unpaired) electrons. The van der Waals surface area contributed by atoms with Crippen LogP contribution in [0.1, 0.15) is 87.3 Å². The fourth-order valence-electron chi connectivity index (χ4n) is 8.02. The van der Waals surface area contributed by atoms with Crippen molar-refractivity contribution in [1.82, 2.24) is 20.0 Å². The van der Waals surface area contributed by atoms with Gasteiger partial charge in [-0.1, -0.05) is 24.3 Å². The zero-order valence-corrected chi connectivity index (χ0v) is 29.1. The SMILES string of the molecule is COc1ccc([C@H]2CC[C@H](CN(c3cccc(-c4cnn(C5CC5)c4)c3)C(=O)[C@H]3CC[C@H](OC(=O)NC4CN(C(=O)O)C4)CC3)CC2)cc1C. The number of aryl methyl sites for hydroxylation is 1. The number of hydrogen-bond donors (Lipinski definition) is 2. The number of hydrogen-bond acceptors (Lipinski definition) is 6. The molecule has 0 spiro atoms. The van der Waals surface area contributed by atoms with Gasteiger partial charge in [0.25, 0.3) is 0 Å². The number of carbonyl (C=O) groups is 3. The summed E-state index contributed by atoms with van der Waals surface area (Å²) in [6.07, 6.45) is 11.5. The first-order valence-electron chi connectivity index (χ1n) is 18.3. The van der Waals surface area contributed by atoms with Crippen molar-refractivity contribution in [2.24, 2.45) is 11.8 Å². The quantitative estimate of drug-likeness (QED) is 0.232. The maximum absolute atomic E-state index is 14.4. The molecule has 3 aliphatic carbocycles. The molecule has 1 aromatic heterocycles. The van der Waals surface area contributed by atoms with E-state index >= 15 is 0 Å². The third kappa shape index (κ3) is 7.76. The zero-order chi connectivity index (χ0) is 34.8. The Labute approximate surface area is 293 Å². The molecule has 50 heavy (non-hydrogen) atoms. The lowest BCUT2D eigenvalue weighted by Gasteiger charge is -2.38. The van der Waals surface area contributed by atoms with Crippen molar-refractivity contribution >= 4 is 23.8 Å². The molecular formula is C39H49N5O6. The summed E-state index contributed by atoms with van der Waals surface area (Å²) >= 11 is 0. The molecule has 4 aliphatic rings. The zero-order valence-electron chi connectivity index (χ0n) is 29.1. The summed E-state index contributed by atoms with van der Waals surface area (Å²) in [4.78, 5) is 41.2. The number of carboxylic acid groups (broad SMARTS) is 1. The van der Waals surface area contributed by atoms with Gasteiger partial charge in [-0.3, -0.25) is 9.48 Å². The summed E-state index contributed by atoms with van der Waals surface area (Å²) in [6.45, 7) is 3.33. The van der Waals surface area contributed by atoms with E-state index in [1.807, 2.05) is 17.2 Å². The number of rotatable bonds is 10. The van der Waals surface area contributed by atoms with Crippen LogP contribution in [0.25, 0.3) is 11.1 Å². The normalized spacial score (nSPS) is 23.8. The minimum Gasteiger partial charge on any atom is -0.496 e. The Morgan fingerprint density at radius 3 is 2.38 bits per heavy atom. The third-order valence-electron chi connectivity index (χ3n) is 11.2. The molecule has 1 saturated heterocycles. The van der Waals surface area contributed by atoms with Gasteiger partial charge in [-0.25, -0.2) is 9.59 Å². The molecule has 2 heterocycles. The molecule has 11 heteroatoms. The molecule has 0 atom stereocenters. The number of likely N-dealkylation sites (tertiary alicyclic amines) is 1. The highest BCUT2D eigenvalue weighted by Gasteiger charge is 2.36. The number of methoxy groups -OCH3 is 1. The number of nitrogens with one attached hydrogen (secondary N) is 1. The Hall–Kier alpha value is -4.54. The number of nitrogens with zero attached hydrogens (tertiary/aromatic N) is 4. The Morgan fingerprint density at radius 2 is 1.70 bits per heavy atom. The van der Waals surface area contributed by atoms with Crippen molar-refractivity contribution in [3.05, 3.63) is 66.0 Å². The second-order valence-corrected chi connectivity index (χ2v) is 14.8. The van der Waals surface area contributed by atoms with Crippen LogP contribution >= 0.6 is 0 Å². The molecule has 2 N–H and O–H groups in total. The van der Waals surface area contributed by atoms with Gasteiger partial charge >= 0.3 is 12.2 Å². The predicted molar refractivity (Wildman–Crippen MR) is 189 cm³/mol. The van der Waals surface area contributed by atoms with E-state index in [0.717, 1.165) is 53.8 Å². The van der Waals surface area contributed by atoms with Crippen molar-refractivity contribution in [3.8, 4) is 16.9 Å². The maximum Gasteiger partial charge on any atom is 0.407 e. The molecule has 3 aromatic rings. The number of benzene rings is 2. The molecule has 0 bridgehead atoms. The van der Waals surface area contributed by atoms with Crippen molar-refractivity contribution < 1.29 is 29.0 Å². The molecule has 3 saturated carbocycles. The van der Waals surface area contributed by atoms with Gasteiger partial charge in [0.2, 0.25) is 5.91 Å².